The molecule has 3 aliphatic rings. The molecule has 0 aromatic rings. The Bertz CT molecular complexity index is 451. The molecule has 1 unspecified atom stereocenters. The maximum absolute atomic E-state index is 12.1. The monoisotopic (exact) mass is 339 g/mol. The summed E-state index contributed by atoms with van der Waals surface area (Å²) in [5.74, 6) is 0. The van der Waals surface area contributed by atoms with Gasteiger partial charge in [-0.3, -0.25) is 4.90 Å². The molecule has 0 bridgehead atoms. The normalized spacial score (nSPS) is 28.2. The third-order valence-corrected chi connectivity index (χ3v) is 5.35. The van der Waals surface area contributed by atoms with E-state index in [-0.39, 0.29) is 6.09 Å². The van der Waals surface area contributed by atoms with Crippen LogP contribution in [0.3, 0.4) is 0 Å². The summed E-state index contributed by atoms with van der Waals surface area (Å²) in [5.41, 5.74) is -1.17. The van der Waals surface area contributed by atoms with Crippen LogP contribution in [0.4, 0.5) is 4.79 Å². The Balaban J connectivity index is 1.39. The smallest absolute Gasteiger partial charge is 0.410 e. The summed E-state index contributed by atoms with van der Waals surface area (Å²) in [4.78, 5) is 16.4. The number of amides is 1. The maximum Gasteiger partial charge on any atom is 0.410 e. The molecule has 0 aromatic carbocycles. The van der Waals surface area contributed by atoms with E-state index in [1.165, 1.54) is 25.8 Å². The molecule has 138 valence electrons. The highest BCUT2D eigenvalue weighted by atomic mass is 16.6. The molecule has 3 fully saturated rings. The lowest BCUT2D eigenvalue weighted by atomic mass is 9.91. The van der Waals surface area contributed by atoms with Crippen molar-refractivity contribution in [1.29, 1.82) is 0 Å². The summed E-state index contributed by atoms with van der Waals surface area (Å²) in [5, 5.41) is 14.4. The number of piperidine rings is 1. The van der Waals surface area contributed by atoms with E-state index in [2.05, 4.69) is 10.2 Å². The second kappa shape index (κ2) is 6.81. The first-order valence-corrected chi connectivity index (χ1v) is 9.42. The Morgan fingerprint density at radius 1 is 1.21 bits per heavy atom. The van der Waals surface area contributed by atoms with Gasteiger partial charge in [0, 0.05) is 44.8 Å². The molecule has 6 nitrogen and oxygen atoms in total. The van der Waals surface area contributed by atoms with Crippen LogP contribution >= 0.6 is 0 Å². The van der Waals surface area contributed by atoms with Gasteiger partial charge in [0.2, 0.25) is 0 Å². The zero-order valence-electron chi connectivity index (χ0n) is 15.4. The largest absolute Gasteiger partial charge is 0.444 e. The minimum Gasteiger partial charge on any atom is -0.444 e. The highest BCUT2D eigenvalue weighted by molar-refractivity contribution is 5.68. The fourth-order valence-corrected chi connectivity index (χ4v) is 3.67. The zero-order chi connectivity index (χ0) is 17.4. The van der Waals surface area contributed by atoms with E-state index >= 15 is 0 Å². The number of rotatable bonds is 4. The number of carbonyl (C=O) groups is 1. The van der Waals surface area contributed by atoms with Crippen molar-refractivity contribution in [3.8, 4) is 0 Å². The number of nitrogens with one attached hydrogen (secondary N) is 1. The van der Waals surface area contributed by atoms with Crippen LogP contribution in [0.15, 0.2) is 0 Å². The van der Waals surface area contributed by atoms with Crippen LogP contribution in [0.1, 0.15) is 52.9 Å². The SMILES string of the molecule is CC(C)(C)OC(=O)N1CCC(O)(CNC2CCN(C3CC3)C2)CC1. The van der Waals surface area contributed by atoms with E-state index < -0.39 is 11.2 Å². The number of nitrogens with zero attached hydrogens (tertiary/aromatic N) is 2. The van der Waals surface area contributed by atoms with Crippen LogP contribution in [0.2, 0.25) is 0 Å². The molecule has 0 radical (unpaired) electrons. The molecule has 3 rings (SSSR count). The molecule has 0 aromatic heterocycles. The molecular formula is C18H33N3O3. The molecule has 2 heterocycles. The van der Waals surface area contributed by atoms with Crippen molar-refractivity contribution in [3.05, 3.63) is 0 Å². The molecule has 24 heavy (non-hydrogen) atoms. The van der Waals surface area contributed by atoms with E-state index in [0.717, 1.165) is 12.6 Å². The zero-order valence-corrected chi connectivity index (χ0v) is 15.4. The van der Waals surface area contributed by atoms with Crippen LogP contribution in [-0.2, 0) is 4.74 Å². The second-order valence-corrected chi connectivity index (χ2v) is 8.78. The van der Waals surface area contributed by atoms with Gasteiger partial charge in [0.1, 0.15) is 5.60 Å². The first kappa shape index (κ1) is 18.0. The quantitative estimate of drug-likeness (QED) is 0.814. The van der Waals surface area contributed by atoms with E-state index in [4.69, 9.17) is 4.74 Å². The van der Waals surface area contributed by atoms with Crippen LogP contribution in [0.5, 0.6) is 0 Å². The van der Waals surface area contributed by atoms with Gasteiger partial charge in [0.15, 0.2) is 0 Å². The van der Waals surface area contributed by atoms with Crippen molar-refractivity contribution in [3.63, 3.8) is 0 Å². The average molecular weight is 339 g/mol. The fraction of sp³-hybridized carbons (Fsp3) is 0.944. The summed E-state index contributed by atoms with van der Waals surface area (Å²) in [6.07, 6.45) is 4.84. The molecule has 1 saturated carbocycles. The predicted octanol–water partition coefficient (Wildman–Crippen LogP) is 1.57. The van der Waals surface area contributed by atoms with Crippen molar-refractivity contribution >= 4 is 6.09 Å². The number of aliphatic hydroxyl groups is 1. The Hall–Kier alpha value is -0.850. The van der Waals surface area contributed by atoms with E-state index in [1.807, 2.05) is 20.8 Å². The maximum atomic E-state index is 12.1. The first-order chi connectivity index (χ1) is 11.2. The molecule has 1 aliphatic carbocycles. The standard InChI is InChI=1S/C18H33N3O3/c1-17(2,3)24-16(22)20-10-7-18(23,8-11-20)13-19-14-6-9-21(12-14)15-4-5-15/h14-15,19,23H,4-13H2,1-3H3. The van der Waals surface area contributed by atoms with E-state index in [0.29, 0.717) is 38.5 Å². The molecule has 1 atom stereocenters. The molecule has 2 aliphatic heterocycles. The number of likely N-dealkylation sites (tertiary alicyclic amines) is 2. The van der Waals surface area contributed by atoms with Gasteiger partial charge >= 0.3 is 6.09 Å². The van der Waals surface area contributed by atoms with Crippen LogP contribution < -0.4 is 5.32 Å². The lowest BCUT2D eigenvalue weighted by Gasteiger charge is -2.39. The third-order valence-electron chi connectivity index (χ3n) is 5.35. The Kier molecular flexibility index (Phi) is 5.09. The van der Waals surface area contributed by atoms with Gasteiger partial charge in [-0.25, -0.2) is 4.79 Å². The molecule has 0 spiro atoms. The number of carbonyl (C=O) groups excluding carboxylic acids is 1. The van der Waals surface area contributed by atoms with Gasteiger partial charge in [0.25, 0.3) is 0 Å². The van der Waals surface area contributed by atoms with Crippen LogP contribution in [0.25, 0.3) is 0 Å². The summed E-state index contributed by atoms with van der Waals surface area (Å²) in [7, 11) is 0. The summed E-state index contributed by atoms with van der Waals surface area (Å²) < 4.78 is 5.41. The van der Waals surface area contributed by atoms with Crippen molar-refractivity contribution in [2.75, 3.05) is 32.7 Å². The highest BCUT2D eigenvalue weighted by Gasteiger charge is 2.38. The minimum absolute atomic E-state index is 0.270. The molecule has 1 amide bonds. The lowest BCUT2D eigenvalue weighted by molar-refractivity contribution is -0.0320. The summed E-state index contributed by atoms with van der Waals surface area (Å²) >= 11 is 0. The van der Waals surface area contributed by atoms with E-state index in [1.54, 1.807) is 4.90 Å². The molecule has 2 N–H and O–H groups in total. The number of ether oxygens (including phenoxy) is 1. The molecule has 6 heteroatoms. The Morgan fingerprint density at radius 3 is 2.46 bits per heavy atom. The van der Waals surface area contributed by atoms with Crippen molar-refractivity contribution in [1.82, 2.24) is 15.1 Å². The van der Waals surface area contributed by atoms with Crippen molar-refractivity contribution < 1.29 is 14.6 Å². The highest BCUT2D eigenvalue weighted by Crippen LogP contribution is 2.30. The van der Waals surface area contributed by atoms with Crippen molar-refractivity contribution in [2.45, 2.75) is 76.2 Å². The third kappa shape index (κ3) is 4.83. The second-order valence-electron chi connectivity index (χ2n) is 8.78. The van der Waals surface area contributed by atoms with Crippen LogP contribution in [0, 0.1) is 0 Å². The predicted molar refractivity (Wildman–Crippen MR) is 93.0 cm³/mol. The summed E-state index contributed by atoms with van der Waals surface area (Å²) in [6.45, 7) is 9.68. The van der Waals surface area contributed by atoms with Gasteiger partial charge in [-0.15, -0.1) is 0 Å². The number of hydrogen-bond acceptors (Lipinski definition) is 5. The van der Waals surface area contributed by atoms with Gasteiger partial charge in [0.05, 0.1) is 5.60 Å². The Labute approximate surface area is 145 Å². The minimum atomic E-state index is -0.703. The topological polar surface area (TPSA) is 65.0 Å². The average Bonchev–Trinajstić information content (AvgIpc) is 3.23. The fourth-order valence-electron chi connectivity index (χ4n) is 3.67. The molecular weight excluding hydrogens is 306 g/mol. The number of hydrogen-bond donors (Lipinski definition) is 2. The van der Waals surface area contributed by atoms with Gasteiger partial charge < -0.3 is 20.1 Å². The Morgan fingerprint density at radius 2 is 1.88 bits per heavy atom. The van der Waals surface area contributed by atoms with E-state index in [9.17, 15) is 9.90 Å². The van der Waals surface area contributed by atoms with Gasteiger partial charge in [-0.2, -0.15) is 0 Å². The van der Waals surface area contributed by atoms with Gasteiger partial charge in [-0.1, -0.05) is 0 Å². The van der Waals surface area contributed by atoms with Crippen LogP contribution in [-0.4, -0.2) is 77.0 Å². The summed E-state index contributed by atoms with van der Waals surface area (Å²) in [6, 6.07) is 1.33. The van der Waals surface area contributed by atoms with Gasteiger partial charge in [-0.05, 0) is 52.9 Å². The molecule has 2 saturated heterocycles. The lowest BCUT2D eigenvalue weighted by Crippen LogP contribution is -2.53. The van der Waals surface area contributed by atoms with Crippen molar-refractivity contribution in [2.24, 2.45) is 0 Å². The first-order valence-electron chi connectivity index (χ1n) is 9.42.